The van der Waals surface area contributed by atoms with Crippen molar-refractivity contribution in [3.63, 3.8) is 0 Å². The molecule has 0 radical (unpaired) electrons. The van der Waals surface area contributed by atoms with Crippen LogP contribution in [0, 0.1) is 0 Å². The Morgan fingerprint density at radius 3 is 3.00 bits per heavy atom. The van der Waals surface area contributed by atoms with Crippen molar-refractivity contribution in [3.05, 3.63) is 30.7 Å². The summed E-state index contributed by atoms with van der Waals surface area (Å²) in [5, 5.41) is 6.60. The number of thioether (sulfide) groups is 1. The Kier molecular flexibility index (Phi) is 2.17. The predicted octanol–water partition coefficient (Wildman–Crippen LogP) is 2.47. The number of hydrogen-bond acceptors (Lipinski definition) is 6. The molecule has 4 rings (SSSR count). The summed E-state index contributed by atoms with van der Waals surface area (Å²) in [6.07, 6.45) is 7.03. The zero-order valence-electron chi connectivity index (χ0n) is 9.04. The molecule has 0 saturated carbocycles. The Hall–Kier alpha value is -1.80. The molecule has 18 heavy (non-hydrogen) atoms. The van der Waals surface area contributed by atoms with Crippen LogP contribution in [-0.2, 0) is 0 Å². The largest absolute Gasteiger partial charge is 0.356 e. The van der Waals surface area contributed by atoms with Gasteiger partial charge in [-0.2, -0.15) is 0 Å². The van der Waals surface area contributed by atoms with Gasteiger partial charge in [-0.3, -0.25) is 0 Å². The van der Waals surface area contributed by atoms with Crippen LogP contribution in [0.3, 0.4) is 0 Å². The number of aromatic amines is 2. The van der Waals surface area contributed by atoms with E-state index in [1.165, 1.54) is 0 Å². The lowest BCUT2D eigenvalue weighted by atomic mass is 10.5. The highest BCUT2D eigenvalue weighted by Crippen LogP contribution is 2.49. The second-order valence-electron chi connectivity index (χ2n) is 3.74. The molecule has 8 heteroatoms. The third-order valence-corrected chi connectivity index (χ3v) is 4.83. The highest BCUT2D eigenvalue weighted by Gasteiger charge is 2.28. The van der Waals surface area contributed by atoms with E-state index in [2.05, 4.69) is 30.2 Å². The number of H-pyrrole nitrogens is 2. The molecule has 0 saturated heterocycles. The Morgan fingerprint density at radius 1 is 1.28 bits per heavy atom. The molecule has 3 aromatic rings. The van der Waals surface area contributed by atoms with Crippen molar-refractivity contribution in [1.29, 1.82) is 0 Å². The minimum absolute atomic E-state index is 0.129. The fraction of sp³-hybridized carbons (Fsp3) is 0.100. The summed E-state index contributed by atoms with van der Waals surface area (Å²) in [7, 11) is 0. The van der Waals surface area contributed by atoms with Gasteiger partial charge in [0.15, 0.2) is 0 Å². The molecular weight excluding hydrogens is 268 g/mol. The van der Waals surface area contributed by atoms with Crippen molar-refractivity contribution < 1.29 is 0 Å². The highest BCUT2D eigenvalue weighted by molar-refractivity contribution is 8.00. The van der Waals surface area contributed by atoms with Crippen LogP contribution in [0.15, 0.2) is 29.9 Å². The molecule has 0 spiro atoms. The summed E-state index contributed by atoms with van der Waals surface area (Å²) in [5.74, 6) is 0.924. The van der Waals surface area contributed by atoms with Gasteiger partial charge < -0.3 is 15.3 Å². The van der Waals surface area contributed by atoms with Crippen LogP contribution in [0.1, 0.15) is 11.2 Å². The number of imidazole rings is 2. The van der Waals surface area contributed by atoms with Gasteiger partial charge >= 0.3 is 0 Å². The Bertz CT molecular complexity index is 633. The molecule has 1 aliphatic rings. The summed E-state index contributed by atoms with van der Waals surface area (Å²) in [4.78, 5) is 19.0. The van der Waals surface area contributed by atoms with Gasteiger partial charge in [0.25, 0.3) is 0 Å². The van der Waals surface area contributed by atoms with Crippen molar-refractivity contribution >= 4 is 28.1 Å². The summed E-state index contributed by atoms with van der Waals surface area (Å²) in [6.45, 7) is 0. The zero-order chi connectivity index (χ0) is 11.9. The molecule has 1 aliphatic heterocycles. The summed E-state index contributed by atoms with van der Waals surface area (Å²) >= 11 is 3.30. The van der Waals surface area contributed by atoms with Crippen LogP contribution in [0.4, 0.5) is 5.00 Å². The Morgan fingerprint density at radius 2 is 2.28 bits per heavy atom. The van der Waals surface area contributed by atoms with Gasteiger partial charge in [-0.05, 0) is 0 Å². The smallest absolute Gasteiger partial charge is 0.144 e. The average Bonchev–Trinajstić information content (AvgIpc) is 3.13. The average molecular weight is 276 g/mol. The van der Waals surface area contributed by atoms with E-state index in [1.807, 2.05) is 6.20 Å². The van der Waals surface area contributed by atoms with Gasteiger partial charge in [0, 0.05) is 12.4 Å². The molecule has 1 unspecified atom stereocenters. The van der Waals surface area contributed by atoms with Crippen molar-refractivity contribution in [1.82, 2.24) is 24.9 Å². The minimum atomic E-state index is 0.129. The van der Waals surface area contributed by atoms with E-state index in [0.29, 0.717) is 0 Å². The lowest BCUT2D eigenvalue weighted by Crippen LogP contribution is -2.02. The standard InChI is InChI=1S/C10H8N6S2/c1-2-13-6(12-1)8-16-10-9(18-8)15-7(17-10)5-3-11-4-14-5/h1-4,8,16H,(H,11,14)(H,12,13). The second-order valence-corrected chi connectivity index (χ2v) is 5.83. The lowest BCUT2D eigenvalue weighted by Gasteiger charge is -2.05. The molecule has 1 atom stereocenters. The van der Waals surface area contributed by atoms with E-state index >= 15 is 0 Å². The van der Waals surface area contributed by atoms with Crippen molar-refractivity contribution in [2.45, 2.75) is 10.4 Å². The van der Waals surface area contributed by atoms with Crippen LogP contribution in [0.5, 0.6) is 0 Å². The monoisotopic (exact) mass is 276 g/mol. The maximum absolute atomic E-state index is 4.60. The van der Waals surface area contributed by atoms with E-state index in [4.69, 9.17) is 0 Å². The first-order chi connectivity index (χ1) is 8.90. The Balaban J connectivity index is 1.63. The first-order valence-corrected chi connectivity index (χ1v) is 7.02. The van der Waals surface area contributed by atoms with Crippen LogP contribution in [-0.4, -0.2) is 24.9 Å². The maximum Gasteiger partial charge on any atom is 0.144 e. The molecule has 0 amide bonds. The highest BCUT2D eigenvalue weighted by atomic mass is 32.2. The fourth-order valence-electron chi connectivity index (χ4n) is 1.77. The van der Waals surface area contributed by atoms with Gasteiger partial charge in [0.2, 0.25) is 0 Å². The predicted molar refractivity (Wildman–Crippen MR) is 70.5 cm³/mol. The quantitative estimate of drug-likeness (QED) is 0.670. The summed E-state index contributed by atoms with van der Waals surface area (Å²) < 4.78 is 0. The molecule has 4 heterocycles. The van der Waals surface area contributed by atoms with E-state index in [1.54, 1.807) is 41.8 Å². The normalized spacial score (nSPS) is 17.7. The molecule has 3 N–H and O–H groups in total. The third kappa shape index (κ3) is 1.53. The summed E-state index contributed by atoms with van der Waals surface area (Å²) in [6, 6.07) is 0. The van der Waals surface area contributed by atoms with Gasteiger partial charge in [0.1, 0.15) is 26.2 Å². The third-order valence-electron chi connectivity index (χ3n) is 2.58. The zero-order valence-corrected chi connectivity index (χ0v) is 10.7. The SMILES string of the molecule is c1c[nH]c(C2Nc3sc(-c4cnc[nH]4)nc3S2)n1. The van der Waals surface area contributed by atoms with E-state index in [9.17, 15) is 0 Å². The molecular formula is C10H8N6S2. The van der Waals surface area contributed by atoms with Gasteiger partial charge in [0.05, 0.1) is 18.2 Å². The van der Waals surface area contributed by atoms with Crippen LogP contribution >= 0.6 is 23.1 Å². The lowest BCUT2D eigenvalue weighted by molar-refractivity contribution is 0.991. The van der Waals surface area contributed by atoms with E-state index < -0.39 is 0 Å². The van der Waals surface area contributed by atoms with Crippen LogP contribution < -0.4 is 5.32 Å². The van der Waals surface area contributed by atoms with E-state index in [-0.39, 0.29) is 5.37 Å². The number of hydrogen-bond donors (Lipinski definition) is 3. The number of thiazole rings is 1. The number of rotatable bonds is 2. The molecule has 3 aromatic heterocycles. The first-order valence-electron chi connectivity index (χ1n) is 5.32. The van der Waals surface area contributed by atoms with Crippen LogP contribution in [0.2, 0.25) is 0 Å². The number of anilines is 1. The van der Waals surface area contributed by atoms with Crippen molar-refractivity contribution in [2.24, 2.45) is 0 Å². The van der Waals surface area contributed by atoms with E-state index in [0.717, 1.165) is 26.6 Å². The van der Waals surface area contributed by atoms with Crippen molar-refractivity contribution in [3.8, 4) is 10.7 Å². The molecule has 0 fully saturated rings. The first kappa shape index (κ1) is 10.2. The van der Waals surface area contributed by atoms with Gasteiger partial charge in [-0.25, -0.2) is 15.0 Å². The maximum atomic E-state index is 4.60. The summed E-state index contributed by atoms with van der Waals surface area (Å²) in [5.41, 5.74) is 0.950. The number of nitrogens with zero attached hydrogens (tertiary/aromatic N) is 3. The van der Waals surface area contributed by atoms with Crippen molar-refractivity contribution in [2.75, 3.05) is 5.32 Å². The topological polar surface area (TPSA) is 82.3 Å². The molecule has 90 valence electrons. The van der Waals surface area contributed by atoms with Gasteiger partial charge in [-0.1, -0.05) is 23.1 Å². The number of nitrogens with one attached hydrogen (secondary N) is 3. The Labute approximate surface area is 110 Å². The van der Waals surface area contributed by atoms with Crippen LogP contribution in [0.25, 0.3) is 10.7 Å². The molecule has 0 bridgehead atoms. The molecule has 6 nitrogen and oxygen atoms in total. The molecule has 0 aliphatic carbocycles. The van der Waals surface area contributed by atoms with Gasteiger partial charge in [-0.15, -0.1) is 0 Å². The number of aromatic nitrogens is 5. The molecule has 0 aromatic carbocycles. The minimum Gasteiger partial charge on any atom is -0.356 e. The number of fused-ring (bicyclic) bond motifs is 1. The second kappa shape index (κ2) is 3.85. The fourth-order valence-corrected chi connectivity index (χ4v) is 3.98.